The van der Waals surface area contributed by atoms with E-state index < -0.39 is 0 Å². The molecule has 1 aromatic rings. The lowest BCUT2D eigenvalue weighted by Crippen LogP contribution is -2.51. The number of rotatable bonds is 6. The van der Waals surface area contributed by atoms with Crippen molar-refractivity contribution in [3.63, 3.8) is 0 Å². The standard InChI is InChI=1S/C22H33N3O/c26-22(23-20-8-9-20)19-7-4-13-25(17-19)21-11-15-24(16-12-21)14-10-18-5-2-1-3-6-18/h1-3,5-6,19-21H,4,7-17H2,(H,23,26). The van der Waals surface area contributed by atoms with Crippen LogP contribution < -0.4 is 5.32 Å². The van der Waals surface area contributed by atoms with E-state index in [1.165, 1.54) is 63.8 Å². The summed E-state index contributed by atoms with van der Waals surface area (Å²) in [5.41, 5.74) is 1.44. The van der Waals surface area contributed by atoms with E-state index in [1.54, 1.807) is 0 Å². The molecule has 4 nitrogen and oxygen atoms in total. The Hall–Kier alpha value is -1.39. The van der Waals surface area contributed by atoms with Gasteiger partial charge in [-0.15, -0.1) is 0 Å². The van der Waals surface area contributed by atoms with Crippen LogP contribution in [0.15, 0.2) is 30.3 Å². The summed E-state index contributed by atoms with van der Waals surface area (Å²) >= 11 is 0. The molecule has 4 heteroatoms. The Labute approximate surface area is 157 Å². The van der Waals surface area contributed by atoms with E-state index >= 15 is 0 Å². The number of piperidine rings is 2. The molecule has 2 saturated heterocycles. The van der Waals surface area contributed by atoms with Crippen LogP contribution in [0.2, 0.25) is 0 Å². The van der Waals surface area contributed by atoms with E-state index in [-0.39, 0.29) is 5.92 Å². The largest absolute Gasteiger partial charge is 0.353 e. The molecule has 3 aliphatic rings. The van der Waals surface area contributed by atoms with E-state index in [1.807, 2.05) is 0 Å². The summed E-state index contributed by atoms with van der Waals surface area (Å²) in [6, 6.07) is 12.0. The maximum absolute atomic E-state index is 12.4. The van der Waals surface area contributed by atoms with Crippen LogP contribution in [0.5, 0.6) is 0 Å². The van der Waals surface area contributed by atoms with Crippen molar-refractivity contribution in [1.29, 1.82) is 0 Å². The molecule has 1 unspecified atom stereocenters. The SMILES string of the molecule is O=C(NC1CC1)C1CCCN(C2CCN(CCc3ccccc3)CC2)C1. The maximum atomic E-state index is 12.4. The van der Waals surface area contributed by atoms with Crippen molar-refractivity contribution >= 4 is 5.91 Å². The summed E-state index contributed by atoms with van der Waals surface area (Å²) in [6.45, 7) is 5.73. The number of likely N-dealkylation sites (tertiary alicyclic amines) is 2. The third-order valence-corrected chi connectivity index (χ3v) is 6.38. The molecule has 1 aliphatic carbocycles. The predicted octanol–water partition coefficient (Wildman–Crippen LogP) is 2.68. The van der Waals surface area contributed by atoms with Crippen LogP contribution in [-0.2, 0) is 11.2 Å². The van der Waals surface area contributed by atoms with Gasteiger partial charge in [-0.25, -0.2) is 0 Å². The molecule has 0 radical (unpaired) electrons. The van der Waals surface area contributed by atoms with Crippen LogP contribution in [0.25, 0.3) is 0 Å². The molecule has 26 heavy (non-hydrogen) atoms. The van der Waals surface area contributed by atoms with Crippen molar-refractivity contribution in [3.05, 3.63) is 35.9 Å². The lowest BCUT2D eigenvalue weighted by Gasteiger charge is -2.42. The first-order chi connectivity index (χ1) is 12.8. The average Bonchev–Trinajstić information content (AvgIpc) is 3.52. The van der Waals surface area contributed by atoms with Crippen molar-refractivity contribution < 1.29 is 4.79 Å². The molecule has 1 atom stereocenters. The van der Waals surface area contributed by atoms with Crippen LogP contribution >= 0.6 is 0 Å². The first-order valence-electron chi connectivity index (χ1n) is 10.6. The Balaban J connectivity index is 1.20. The highest BCUT2D eigenvalue weighted by atomic mass is 16.2. The normalized spacial score (nSPS) is 25.9. The second kappa shape index (κ2) is 8.53. The van der Waals surface area contributed by atoms with Crippen molar-refractivity contribution in [2.75, 3.05) is 32.7 Å². The van der Waals surface area contributed by atoms with E-state index in [4.69, 9.17) is 0 Å². The lowest BCUT2D eigenvalue weighted by atomic mass is 9.93. The van der Waals surface area contributed by atoms with Crippen LogP contribution in [0, 0.1) is 5.92 Å². The number of carbonyl (C=O) groups is 1. The molecular formula is C22H33N3O. The number of nitrogens with one attached hydrogen (secondary N) is 1. The van der Waals surface area contributed by atoms with Gasteiger partial charge in [0, 0.05) is 25.2 Å². The molecule has 1 N–H and O–H groups in total. The molecule has 3 fully saturated rings. The summed E-state index contributed by atoms with van der Waals surface area (Å²) in [5.74, 6) is 0.540. The highest BCUT2D eigenvalue weighted by Crippen LogP contribution is 2.26. The van der Waals surface area contributed by atoms with Crippen molar-refractivity contribution in [2.24, 2.45) is 5.92 Å². The van der Waals surface area contributed by atoms with E-state index in [9.17, 15) is 4.79 Å². The predicted molar refractivity (Wildman–Crippen MR) is 105 cm³/mol. The Morgan fingerprint density at radius 2 is 1.77 bits per heavy atom. The molecule has 2 heterocycles. The van der Waals surface area contributed by atoms with Crippen LogP contribution in [0.1, 0.15) is 44.1 Å². The molecule has 2 aliphatic heterocycles. The van der Waals surface area contributed by atoms with Gasteiger partial charge in [0.2, 0.25) is 5.91 Å². The zero-order valence-electron chi connectivity index (χ0n) is 15.9. The molecule has 1 aromatic carbocycles. The third kappa shape index (κ3) is 4.86. The Bertz CT molecular complexity index is 578. The number of hydrogen-bond acceptors (Lipinski definition) is 3. The first kappa shape index (κ1) is 18.0. The first-order valence-corrected chi connectivity index (χ1v) is 10.6. The number of benzene rings is 1. The highest BCUT2D eigenvalue weighted by molar-refractivity contribution is 5.79. The summed E-state index contributed by atoms with van der Waals surface area (Å²) in [7, 11) is 0. The smallest absolute Gasteiger partial charge is 0.224 e. The quantitative estimate of drug-likeness (QED) is 0.852. The molecule has 4 rings (SSSR count). The van der Waals surface area contributed by atoms with Crippen molar-refractivity contribution in [2.45, 2.75) is 57.0 Å². The fourth-order valence-electron chi connectivity index (χ4n) is 4.54. The molecule has 0 bridgehead atoms. The third-order valence-electron chi connectivity index (χ3n) is 6.38. The summed E-state index contributed by atoms with van der Waals surface area (Å²) in [4.78, 5) is 17.6. The summed E-state index contributed by atoms with van der Waals surface area (Å²) in [5, 5.41) is 3.21. The minimum Gasteiger partial charge on any atom is -0.353 e. The topological polar surface area (TPSA) is 35.6 Å². The fourth-order valence-corrected chi connectivity index (χ4v) is 4.54. The van der Waals surface area contributed by atoms with E-state index in [0.29, 0.717) is 18.0 Å². The van der Waals surface area contributed by atoms with Gasteiger partial charge in [-0.3, -0.25) is 9.69 Å². The Morgan fingerprint density at radius 3 is 2.50 bits per heavy atom. The lowest BCUT2D eigenvalue weighted by molar-refractivity contribution is -0.127. The number of carbonyl (C=O) groups excluding carboxylic acids is 1. The average molecular weight is 356 g/mol. The minimum atomic E-state index is 0.223. The van der Waals surface area contributed by atoms with Crippen LogP contribution in [0.3, 0.4) is 0 Å². The van der Waals surface area contributed by atoms with Crippen LogP contribution in [-0.4, -0.2) is 60.5 Å². The number of amides is 1. The summed E-state index contributed by atoms with van der Waals surface area (Å²) < 4.78 is 0. The molecule has 1 amide bonds. The second-order valence-corrected chi connectivity index (χ2v) is 8.43. The van der Waals surface area contributed by atoms with Gasteiger partial charge in [-0.1, -0.05) is 30.3 Å². The van der Waals surface area contributed by atoms with Crippen molar-refractivity contribution in [1.82, 2.24) is 15.1 Å². The Kier molecular flexibility index (Phi) is 5.91. The minimum absolute atomic E-state index is 0.223. The fraction of sp³-hybridized carbons (Fsp3) is 0.682. The molecule has 1 saturated carbocycles. The van der Waals surface area contributed by atoms with Gasteiger partial charge < -0.3 is 10.2 Å². The maximum Gasteiger partial charge on any atom is 0.224 e. The van der Waals surface area contributed by atoms with Gasteiger partial charge in [0.25, 0.3) is 0 Å². The van der Waals surface area contributed by atoms with E-state index in [0.717, 1.165) is 19.4 Å². The monoisotopic (exact) mass is 355 g/mol. The van der Waals surface area contributed by atoms with Crippen molar-refractivity contribution in [3.8, 4) is 0 Å². The number of nitrogens with zero attached hydrogens (tertiary/aromatic N) is 2. The zero-order valence-corrected chi connectivity index (χ0v) is 15.9. The molecule has 142 valence electrons. The second-order valence-electron chi connectivity index (χ2n) is 8.43. The van der Waals surface area contributed by atoms with Gasteiger partial charge in [0.15, 0.2) is 0 Å². The van der Waals surface area contributed by atoms with Gasteiger partial charge in [0.1, 0.15) is 0 Å². The van der Waals surface area contributed by atoms with Gasteiger partial charge >= 0.3 is 0 Å². The molecule has 0 aromatic heterocycles. The van der Waals surface area contributed by atoms with E-state index in [2.05, 4.69) is 45.4 Å². The Morgan fingerprint density at radius 1 is 1.00 bits per heavy atom. The highest BCUT2D eigenvalue weighted by Gasteiger charge is 2.33. The van der Waals surface area contributed by atoms with Crippen LogP contribution in [0.4, 0.5) is 0 Å². The summed E-state index contributed by atoms with van der Waals surface area (Å²) in [6.07, 6.45) is 8.28. The zero-order chi connectivity index (χ0) is 17.8. The van der Waals surface area contributed by atoms with Gasteiger partial charge in [-0.2, -0.15) is 0 Å². The molecule has 0 spiro atoms. The number of hydrogen-bond donors (Lipinski definition) is 1. The molecular weight excluding hydrogens is 322 g/mol. The van der Waals surface area contributed by atoms with Gasteiger partial charge in [-0.05, 0) is 70.1 Å². The van der Waals surface area contributed by atoms with Gasteiger partial charge in [0.05, 0.1) is 5.92 Å².